The van der Waals surface area contributed by atoms with Gasteiger partial charge in [-0.25, -0.2) is 4.79 Å². The Bertz CT molecular complexity index is 417. The maximum Gasteiger partial charge on any atom is 0.352 e. The van der Waals surface area contributed by atoms with E-state index in [1.807, 2.05) is 10.8 Å². The number of rotatable bonds is 2. The Kier molecular flexibility index (Phi) is 3.61. The van der Waals surface area contributed by atoms with Crippen LogP contribution in [0.2, 0.25) is 0 Å². The maximum absolute atomic E-state index is 11.2. The summed E-state index contributed by atoms with van der Waals surface area (Å²) in [6.45, 7) is 4.50. The zero-order chi connectivity index (χ0) is 12.6. The standard InChI is InChI=1S/C13H18BrNO2/c1-8-3-9(2)5-11(4-8)15-7-10(14)6-12(15)13(16)17/h6-9,11H,3-5H2,1-2H3,(H,16,17). The lowest BCUT2D eigenvalue weighted by molar-refractivity contribution is 0.0677. The van der Waals surface area contributed by atoms with Gasteiger partial charge in [0.25, 0.3) is 0 Å². The van der Waals surface area contributed by atoms with Crippen molar-refractivity contribution < 1.29 is 9.90 Å². The van der Waals surface area contributed by atoms with E-state index in [1.165, 1.54) is 6.42 Å². The summed E-state index contributed by atoms with van der Waals surface area (Å²) >= 11 is 3.36. The smallest absolute Gasteiger partial charge is 0.352 e. The third-order valence-electron chi connectivity index (χ3n) is 3.58. The fraction of sp³-hybridized carbons (Fsp3) is 0.615. The third kappa shape index (κ3) is 2.73. The van der Waals surface area contributed by atoms with Crippen LogP contribution in [0.5, 0.6) is 0 Å². The van der Waals surface area contributed by atoms with E-state index in [4.69, 9.17) is 0 Å². The molecule has 0 spiro atoms. The second-order valence-electron chi connectivity index (χ2n) is 5.33. The predicted octanol–water partition coefficient (Wildman–Crippen LogP) is 3.95. The lowest BCUT2D eigenvalue weighted by atomic mass is 9.80. The molecule has 1 N–H and O–H groups in total. The number of nitrogens with zero attached hydrogens (tertiary/aromatic N) is 1. The molecule has 1 aromatic rings. The van der Waals surface area contributed by atoms with Crippen molar-refractivity contribution in [2.75, 3.05) is 0 Å². The van der Waals surface area contributed by atoms with Gasteiger partial charge in [0.05, 0.1) is 0 Å². The highest BCUT2D eigenvalue weighted by atomic mass is 79.9. The van der Waals surface area contributed by atoms with Gasteiger partial charge in [0.1, 0.15) is 5.69 Å². The van der Waals surface area contributed by atoms with E-state index < -0.39 is 5.97 Å². The van der Waals surface area contributed by atoms with Crippen molar-refractivity contribution in [3.63, 3.8) is 0 Å². The summed E-state index contributed by atoms with van der Waals surface area (Å²) in [7, 11) is 0. The van der Waals surface area contributed by atoms with E-state index in [1.54, 1.807) is 6.07 Å². The second kappa shape index (κ2) is 4.84. The molecule has 0 aliphatic heterocycles. The van der Waals surface area contributed by atoms with Gasteiger partial charge in [-0.05, 0) is 53.1 Å². The van der Waals surface area contributed by atoms with E-state index in [2.05, 4.69) is 29.8 Å². The first-order valence-electron chi connectivity index (χ1n) is 6.08. The molecule has 3 nitrogen and oxygen atoms in total. The molecule has 94 valence electrons. The summed E-state index contributed by atoms with van der Waals surface area (Å²) in [5, 5.41) is 9.20. The minimum atomic E-state index is -0.846. The fourth-order valence-corrected chi connectivity index (χ4v) is 3.49. The molecule has 1 aliphatic carbocycles. The fourth-order valence-electron chi connectivity index (χ4n) is 3.05. The number of hydrogen-bond acceptors (Lipinski definition) is 1. The zero-order valence-electron chi connectivity index (χ0n) is 10.2. The highest BCUT2D eigenvalue weighted by Gasteiger charge is 2.27. The van der Waals surface area contributed by atoms with Crippen molar-refractivity contribution in [3.05, 3.63) is 22.4 Å². The number of carboxylic acid groups (broad SMARTS) is 1. The lowest BCUT2D eigenvalue weighted by Gasteiger charge is -2.33. The molecule has 2 unspecified atom stereocenters. The van der Waals surface area contributed by atoms with Crippen molar-refractivity contribution in [1.29, 1.82) is 0 Å². The van der Waals surface area contributed by atoms with E-state index in [0.29, 0.717) is 23.6 Å². The number of carbonyl (C=O) groups is 1. The Morgan fingerprint density at radius 2 is 1.94 bits per heavy atom. The summed E-state index contributed by atoms with van der Waals surface area (Å²) in [4.78, 5) is 11.2. The summed E-state index contributed by atoms with van der Waals surface area (Å²) in [5.74, 6) is 0.500. The van der Waals surface area contributed by atoms with Crippen LogP contribution >= 0.6 is 15.9 Å². The van der Waals surface area contributed by atoms with Gasteiger partial charge < -0.3 is 9.67 Å². The van der Waals surface area contributed by atoms with Crippen molar-refractivity contribution in [1.82, 2.24) is 4.57 Å². The summed E-state index contributed by atoms with van der Waals surface area (Å²) < 4.78 is 2.78. The van der Waals surface area contributed by atoms with Crippen LogP contribution in [0.15, 0.2) is 16.7 Å². The number of hydrogen-bond donors (Lipinski definition) is 1. The van der Waals surface area contributed by atoms with Gasteiger partial charge in [-0.3, -0.25) is 0 Å². The summed E-state index contributed by atoms with van der Waals surface area (Å²) in [5.41, 5.74) is 0.392. The first kappa shape index (κ1) is 12.7. The molecule has 17 heavy (non-hydrogen) atoms. The Labute approximate surface area is 110 Å². The average molecular weight is 300 g/mol. The van der Waals surface area contributed by atoms with Crippen molar-refractivity contribution in [3.8, 4) is 0 Å². The van der Waals surface area contributed by atoms with E-state index in [-0.39, 0.29) is 0 Å². The quantitative estimate of drug-likeness (QED) is 0.898. The molecule has 1 heterocycles. The lowest BCUT2D eigenvalue weighted by Crippen LogP contribution is -2.24. The molecule has 0 saturated heterocycles. The first-order valence-corrected chi connectivity index (χ1v) is 6.87. The molecule has 0 amide bonds. The molecular formula is C13H18BrNO2. The predicted molar refractivity (Wildman–Crippen MR) is 70.3 cm³/mol. The van der Waals surface area contributed by atoms with Crippen LogP contribution in [0.4, 0.5) is 0 Å². The third-order valence-corrected chi connectivity index (χ3v) is 4.02. The maximum atomic E-state index is 11.2. The van der Waals surface area contributed by atoms with Gasteiger partial charge in [0.15, 0.2) is 0 Å². The molecule has 4 heteroatoms. The number of carboxylic acids is 1. The van der Waals surface area contributed by atoms with Gasteiger partial charge in [0.2, 0.25) is 0 Å². The largest absolute Gasteiger partial charge is 0.477 e. The number of aromatic carboxylic acids is 1. The van der Waals surface area contributed by atoms with Crippen LogP contribution in [-0.2, 0) is 0 Å². The summed E-state index contributed by atoms with van der Waals surface area (Å²) in [6.07, 6.45) is 5.30. The normalized spacial score (nSPS) is 29.2. The second-order valence-corrected chi connectivity index (χ2v) is 6.24. The van der Waals surface area contributed by atoms with Gasteiger partial charge in [-0.2, -0.15) is 0 Å². The molecule has 1 aromatic heterocycles. The van der Waals surface area contributed by atoms with Crippen LogP contribution in [0.1, 0.15) is 49.6 Å². The molecule has 0 aromatic carbocycles. The van der Waals surface area contributed by atoms with Crippen molar-refractivity contribution in [2.24, 2.45) is 11.8 Å². The van der Waals surface area contributed by atoms with Crippen molar-refractivity contribution >= 4 is 21.9 Å². The van der Waals surface area contributed by atoms with Crippen LogP contribution in [-0.4, -0.2) is 15.6 Å². The van der Waals surface area contributed by atoms with Crippen LogP contribution in [0.25, 0.3) is 0 Å². The molecular weight excluding hydrogens is 282 g/mol. The molecule has 1 aliphatic rings. The Morgan fingerprint density at radius 1 is 1.35 bits per heavy atom. The van der Waals surface area contributed by atoms with Crippen molar-refractivity contribution in [2.45, 2.75) is 39.2 Å². The Balaban J connectivity index is 2.29. The van der Waals surface area contributed by atoms with Gasteiger partial charge in [-0.1, -0.05) is 13.8 Å². The molecule has 2 atom stereocenters. The SMILES string of the molecule is CC1CC(C)CC(n2cc(Br)cc2C(=O)O)C1. The monoisotopic (exact) mass is 299 g/mol. The number of halogens is 1. The minimum absolute atomic E-state index is 0.325. The van der Waals surface area contributed by atoms with Crippen LogP contribution in [0, 0.1) is 11.8 Å². The van der Waals surface area contributed by atoms with E-state index >= 15 is 0 Å². The van der Waals surface area contributed by atoms with Crippen LogP contribution < -0.4 is 0 Å². The van der Waals surface area contributed by atoms with Gasteiger partial charge in [0, 0.05) is 16.7 Å². The Morgan fingerprint density at radius 3 is 2.47 bits per heavy atom. The molecule has 0 bridgehead atoms. The first-order chi connectivity index (χ1) is 7.97. The Hall–Kier alpha value is -0.770. The topological polar surface area (TPSA) is 42.2 Å². The van der Waals surface area contributed by atoms with Gasteiger partial charge in [-0.15, -0.1) is 0 Å². The summed E-state index contributed by atoms with van der Waals surface area (Å²) in [6, 6.07) is 2.01. The molecule has 0 radical (unpaired) electrons. The highest BCUT2D eigenvalue weighted by molar-refractivity contribution is 9.10. The van der Waals surface area contributed by atoms with Gasteiger partial charge >= 0.3 is 5.97 Å². The van der Waals surface area contributed by atoms with Crippen LogP contribution in [0.3, 0.4) is 0 Å². The molecule has 2 rings (SSSR count). The molecule has 1 saturated carbocycles. The highest BCUT2D eigenvalue weighted by Crippen LogP contribution is 2.37. The average Bonchev–Trinajstić information content (AvgIpc) is 2.59. The minimum Gasteiger partial charge on any atom is -0.477 e. The number of aromatic nitrogens is 1. The van der Waals surface area contributed by atoms with E-state index in [0.717, 1.165) is 17.3 Å². The molecule has 1 fully saturated rings. The van der Waals surface area contributed by atoms with E-state index in [9.17, 15) is 9.90 Å². The zero-order valence-corrected chi connectivity index (χ0v) is 11.8.